The maximum atomic E-state index is 13.4. The van der Waals surface area contributed by atoms with Gasteiger partial charge in [-0.05, 0) is 54.3 Å². The standard InChI is InChI=1S/C25H27N3O4/c1-16(30)26-20-4-2-18(3-5-20)23-8-9-24-19-10-17(12-28(24)25(23)31)11-27(13-19)14-21-6-7-22(15-29)32-21/h2-9,17,19,29H,10-15H2,1H3,(H,26,30)/t17-,19+/m0/s1. The molecule has 1 fully saturated rings. The number of rotatable bonds is 5. The SMILES string of the molecule is CC(=O)Nc1ccc(-c2ccc3n(c2=O)C[C@H]2C[C@@H]3CN(Cc3ccc(CO)o3)C2)cc1. The van der Waals surface area contributed by atoms with Crippen LogP contribution in [0.3, 0.4) is 0 Å². The third-order valence-electron chi connectivity index (χ3n) is 6.45. The van der Waals surface area contributed by atoms with Crippen molar-refractivity contribution in [3.05, 3.63) is 76.1 Å². The summed E-state index contributed by atoms with van der Waals surface area (Å²) in [7, 11) is 0. The highest BCUT2D eigenvalue weighted by Crippen LogP contribution is 2.36. The molecule has 2 aliphatic rings. The zero-order valence-corrected chi connectivity index (χ0v) is 18.1. The van der Waals surface area contributed by atoms with Crippen molar-refractivity contribution in [2.45, 2.75) is 39.0 Å². The zero-order valence-electron chi connectivity index (χ0n) is 18.1. The Labute approximate surface area is 186 Å². The molecule has 0 unspecified atom stereocenters. The molecule has 1 amide bonds. The van der Waals surface area contributed by atoms with Crippen LogP contribution in [0.5, 0.6) is 0 Å². The average Bonchev–Trinajstić information content (AvgIpc) is 3.22. The predicted molar refractivity (Wildman–Crippen MR) is 121 cm³/mol. The Balaban J connectivity index is 1.37. The van der Waals surface area contributed by atoms with Gasteiger partial charge in [-0.3, -0.25) is 14.5 Å². The second-order valence-electron chi connectivity index (χ2n) is 8.87. The molecule has 2 atom stereocenters. The first-order valence-corrected chi connectivity index (χ1v) is 11.0. The maximum Gasteiger partial charge on any atom is 0.258 e. The average molecular weight is 434 g/mol. The van der Waals surface area contributed by atoms with E-state index in [-0.39, 0.29) is 18.1 Å². The van der Waals surface area contributed by atoms with E-state index in [1.54, 1.807) is 0 Å². The Bertz CT molecular complexity index is 1190. The number of likely N-dealkylation sites (tertiary alicyclic amines) is 1. The molecule has 2 bridgehead atoms. The fourth-order valence-electron chi connectivity index (χ4n) is 5.14. The molecular weight excluding hydrogens is 406 g/mol. The van der Waals surface area contributed by atoms with Crippen molar-refractivity contribution >= 4 is 11.6 Å². The molecule has 1 aromatic carbocycles. The van der Waals surface area contributed by atoms with Crippen LogP contribution in [-0.2, 0) is 24.5 Å². The molecule has 4 heterocycles. The molecule has 0 aliphatic carbocycles. The Kier molecular flexibility index (Phi) is 5.45. The van der Waals surface area contributed by atoms with E-state index in [1.165, 1.54) is 6.92 Å². The number of amides is 1. The monoisotopic (exact) mass is 433 g/mol. The first-order valence-electron chi connectivity index (χ1n) is 11.0. The summed E-state index contributed by atoms with van der Waals surface area (Å²) >= 11 is 0. The summed E-state index contributed by atoms with van der Waals surface area (Å²) in [5.41, 5.74) is 3.42. The molecule has 0 radical (unpaired) electrons. The van der Waals surface area contributed by atoms with Gasteiger partial charge < -0.3 is 19.4 Å². The van der Waals surface area contributed by atoms with Crippen molar-refractivity contribution in [1.29, 1.82) is 0 Å². The molecular formula is C25H27N3O4. The number of aromatic nitrogens is 1. The van der Waals surface area contributed by atoms with E-state index in [1.807, 2.05) is 47.0 Å². The lowest BCUT2D eigenvalue weighted by atomic mass is 9.82. The molecule has 1 saturated heterocycles. The first-order chi connectivity index (χ1) is 15.5. The van der Waals surface area contributed by atoms with Gasteiger partial charge in [-0.2, -0.15) is 0 Å². The number of nitrogens with one attached hydrogen (secondary N) is 1. The number of carbonyl (C=O) groups is 1. The van der Waals surface area contributed by atoms with Crippen LogP contribution >= 0.6 is 0 Å². The number of fused-ring (bicyclic) bond motifs is 4. The van der Waals surface area contributed by atoms with Gasteiger partial charge in [0.2, 0.25) is 5.91 Å². The lowest BCUT2D eigenvalue weighted by Crippen LogP contribution is -2.46. The minimum Gasteiger partial charge on any atom is -0.462 e. The van der Waals surface area contributed by atoms with Gasteiger partial charge in [-0.25, -0.2) is 0 Å². The predicted octanol–water partition coefficient (Wildman–Crippen LogP) is 3.18. The third-order valence-corrected chi connectivity index (χ3v) is 6.45. The van der Waals surface area contributed by atoms with Crippen molar-refractivity contribution in [3.8, 4) is 11.1 Å². The number of carbonyl (C=O) groups excluding carboxylic acids is 1. The largest absolute Gasteiger partial charge is 0.462 e. The van der Waals surface area contributed by atoms with Crippen LogP contribution in [0.2, 0.25) is 0 Å². The van der Waals surface area contributed by atoms with E-state index < -0.39 is 0 Å². The van der Waals surface area contributed by atoms with Crippen molar-refractivity contribution in [2.24, 2.45) is 5.92 Å². The summed E-state index contributed by atoms with van der Waals surface area (Å²) in [6, 6.07) is 15.2. The molecule has 0 saturated carbocycles. The molecule has 166 valence electrons. The van der Waals surface area contributed by atoms with Crippen LogP contribution in [0.15, 0.2) is 57.7 Å². The van der Waals surface area contributed by atoms with Crippen LogP contribution in [0.25, 0.3) is 11.1 Å². The summed E-state index contributed by atoms with van der Waals surface area (Å²) in [6.07, 6.45) is 1.10. The number of anilines is 1. The van der Waals surface area contributed by atoms with E-state index in [2.05, 4.69) is 16.3 Å². The van der Waals surface area contributed by atoms with E-state index in [4.69, 9.17) is 4.42 Å². The number of furan rings is 1. The second-order valence-corrected chi connectivity index (χ2v) is 8.87. The topological polar surface area (TPSA) is 87.7 Å². The van der Waals surface area contributed by atoms with Gasteiger partial charge in [0.1, 0.15) is 18.1 Å². The number of benzene rings is 1. The van der Waals surface area contributed by atoms with Gasteiger partial charge in [0.15, 0.2) is 0 Å². The maximum absolute atomic E-state index is 13.4. The van der Waals surface area contributed by atoms with Crippen LogP contribution in [0.1, 0.15) is 36.5 Å². The minimum absolute atomic E-state index is 0.0524. The number of nitrogens with zero attached hydrogens (tertiary/aromatic N) is 2. The van der Waals surface area contributed by atoms with E-state index in [0.717, 1.165) is 55.3 Å². The van der Waals surface area contributed by atoms with Gasteiger partial charge in [0.05, 0.1) is 6.54 Å². The van der Waals surface area contributed by atoms with Crippen LogP contribution in [0.4, 0.5) is 5.69 Å². The number of aliphatic hydroxyl groups excluding tert-OH is 1. The van der Waals surface area contributed by atoms with Crippen LogP contribution < -0.4 is 10.9 Å². The Morgan fingerprint density at radius 3 is 2.56 bits per heavy atom. The van der Waals surface area contributed by atoms with Crippen molar-refractivity contribution in [2.75, 3.05) is 18.4 Å². The van der Waals surface area contributed by atoms with E-state index in [0.29, 0.717) is 23.2 Å². The summed E-state index contributed by atoms with van der Waals surface area (Å²) in [5, 5.41) is 12.0. The van der Waals surface area contributed by atoms with Gasteiger partial charge in [0.25, 0.3) is 5.56 Å². The lowest BCUT2D eigenvalue weighted by molar-refractivity contribution is -0.114. The number of hydrogen-bond donors (Lipinski definition) is 2. The molecule has 32 heavy (non-hydrogen) atoms. The number of aliphatic hydroxyl groups is 1. The molecule has 2 aromatic heterocycles. The fraction of sp³-hybridized carbons (Fsp3) is 0.360. The quantitative estimate of drug-likeness (QED) is 0.645. The Morgan fingerprint density at radius 2 is 1.84 bits per heavy atom. The van der Waals surface area contributed by atoms with Gasteiger partial charge >= 0.3 is 0 Å². The number of piperidine rings is 1. The zero-order chi connectivity index (χ0) is 22.2. The molecule has 7 nitrogen and oxygen atoms in total. The van der Waals surface area contributed by atoms with Crippen molar-refractivity contribution in [1.82, 2.24) is 9.47 Å². The molecule has 2 aliphatic heterocycles. The lowest BCUT2D eigenvalue weighted by Gasteiger charge is -2.42. The summed E-state index contributed by atoms with van der Waals surface area (Å²) in [6.45, 7) is 4.64. The Hall–Kier alpha value is -3.16. The van der Waals surface area contributed by atoms with Gasteiger partial charge in [0, 0.05) is 49.4 Å². The molecule has 0 spiro atoms. The fourth-order valence-corrected chi connectivity index (χ4v) is 5.14. The molecule has 7 heteroatoms. The third kappa shape index (κ3) is 4.01. The normalized spacial score (nSPS) is 20.1. The van der Waals surface area contributed by atoms with Crippen LogP contribution in [-0.4, -0.2) is 33.6 Å². The molecule has 3 aromatic rings. The number of pyridine rings is 1. The number of hydrogen-bond acceptors (Lipinski definition) is 5. The van der Waals surface area contributed by atoms with Gasteiger partial charge in [-0.1, -0.05) is 12.1 Å². The molecule has 5 rings (SSSR count). The molecule has 2 N–H and O–H groups in total. The van der Waals surface area contributed by atoms with Crippen molar-refractivity contribution in [3.63, 3.8) is 0 Å². The first kappa shape index (κ1) is 20.7. The second kappa shape index (κ2) is 8.41. The highest BCUT2D eigenvalue weighted by atomic mass is 16.4. The summed E-state index contributed by atoms with van der Waals surface area (Å²) < 4.78 is 7.63. The summed E-state index contributed by atoms with van der Waals surface area (Å²) in [4.78, 5) is 27.0. The highest BCUT2D eigenvalue weighted by Gasteiger charge is 2.35. The smallest absolute Gasteiger partial charge is 0.258 e. The van der Waals surface area contributed by atoms with Crippen LogP contribution in [0, 0.1) is 5.92 Å². The summed E-state index contributed by atoms with van der Waals surface area (Å²) in [5.74, 6) is 2.08. The minimum atomic E-state index is -0.118. The van der Waals surface area contributed by atoms with Gasteiger partial charge in [-0.15, -0.1) is 0 Å². The van der Waals surface area contributed by atoms with Crippen molar-refractivity contribution < 1.29 is 14.3 Å². The highest BCUT2D eigenvalue weighted by molar-refractivity contribution is 5.88. The van der Waals surface area contributed by atoms with E-state index in [9.17, 15) is 14.7 Å². The van der Waals surface area contributed by atoms with E-state index >= 15 is 0 Å². The Morgan fingerprint density at radius 1 is 1.06 bits per heavy atom.